The molecule has 6 heteroatoms. The van der Waals surface area contributed by atoms with Gasteiger partial charge < -0.3 is 0 Å². The van der Waals surface area contributed by atoms with Crippen LogP contribution in [0.4, 0.5) is 8.78 Å². The van der Waals surface area contributed by atoms with Gasteiger partial charge in [0.15, 0.2) is 0 Å². The molecule has 0 radical (unpaired) electrons. The summed E-state index contributed by atoms with van der Waals surface area (Å²) in [6, 6.07) is 0. The Morgan fingerprint density at radius 3 is 2.57 bits per heavy atom. The summed E-state index contributed by atoms with van der Waals surface area (Å²) in [5.41, 5.74) is -0.323. The van der Waals surface area contributed by atoms with Crippen molar-refractivity contribution in [2.75, 3.05) is 0 Å². The molecular weight excluding hydrogens is 235 g/mol. The summed E-state index contributed by atoms with van der Waals surface area (Å²) in [5.74, 6) is 0. The minimum absolute atomic E-state index is 0.0962. The Morgan fingerprint density at radius 1 is 1.57 bits per heavy atom. The molecule has 14 heavy (non-hydrogen) atoms. The molecule has 0 spiro atoms. The minimum Gasteiger partial charge on any atom is -0.274 e. The SMILES string of the molecule is Cc1c(C(=O)Cl)ncc(C(F)F)c1Cl. The summed E-state index contributed by atoms with van der Waals surface area (Å²) >= 11 is 10.8. The van der Waals surface area contributed by atoms with Gasteiger partial charge in [0.2, 0.25) is 0 Å². The van der Waals surface area contributed by atoms with Crippen molar-refractivity contribution in [1.82, 2.24) is 4.98 Å². The summed E-state index contributed by atoms with van der Waals surface area (Å²) in [5, 5.41) is -0.982. The fraction of sp³-hybridized carbons (Fsp3) is 0.250. The van der Waals surface area contributed by atoms with Crippen molar-refractivity contribution in [3.8, 4) is 0 Å². The third kappa shape index (κ3) is 2.01. The average Bonchev–Trinajstić information content (AvgIpc) is 2.08. The molecule has 0 unspecified atom stereocenters. The number of halogens is 4. The monoisotopic (exact) mass is 239 g/mol. The predicted molar refractivity (Wildman–Crippen MR) is 49.1 cm³/mol. The van der Waals surface area contributed by atoms with Crippen molar-refractivity contribution >= 4 is 28.4 Å². The first kappa shape index (κ1) is 11.3. The molecule has 0 saturated heterocycles. The summed E-state index contributed by atoms with van der Waals surface area (Å²) in [6.45, 7) is 1.41. The number of alkyl halides is 2. The number of aromatic nitrogens is 1. The second kappa shape index (κ2) is 4.19. The zero-order valence-corrected chi connectivity index (χ0v) is 8.53. The molecule has 0 atom stereocenters. The maximum atomic E-state index is 12.3. The Kier molecular flexibility index (Phi) is 3.39. The lowest BCUT2D eigenvalue weighted by Crippen LogP contribution is -2.01. The largest absolute Gasteiger partial charge is 0.274 e. The number of hydrogen-bond donors (Lipinski definition) is 0. The van der Waals surface area contributed by atoms with Crippen LogP contribution in [0.15, 0.2) is 6.20 Å². The van der Waals surface area contributed by atoms with Crippen LogP contribution in [0.1, 0.15) is 28.0 Å². The normalized spacial score (nSPS) is 10.7. The Labute approximate surface area is 88.8 Å². The predicted octanol–water partition coefficient (Wildman–Crippen LogP) is 3.36. The fourth-order valence-electron chi connectivity index (χ4n) is 0.958. The summed E-state index contributed by atoms with van der Waals surface area (Å²) < 4.78 is 24.6. The van der Waals surface area contributed by atoms with Gasteiger partial charge in [0, 0.05) is 6.20 Å². The van der Waals surface area contributed by atoms with Gasteiger partial charge in [-0.15, -0.1) is 0 Å². The number of pyridine rings is 1. The molecule has 0 aliphatic heterocycles. The highest BCUT2D eigenvalue weighted by atomic mass is 35.5. The van der Waals surface area contributed by atoms with Crippen LogP contribution < -0.4 is 0 Å². The highest BCUT2D eigenvalue weighted by Gasteiger charge is 2.18. The molecule has 1 heterocycles. The van der Waals surface area contributed by atoms with Crippen LogP contribution in [0.2, 0.25) is 5.02 Å². The first-order valence-corrected chi connectivity index (χ1v) is 4.33. The number of rotatable bonds is 2. The van der Waals surface area contributed by atoms with E-state index in [0.29, 0.717) is 0 Å². The lowest BCUT2D eigenvalue weighted by atomic mass is 10.1. The number of hydrogen-bond acceptors (Lipinski definition) is 2. The smallest absolute Gasteiger partial charge is 0.271 e. The van der Waals surface area contributed by atoms with E-state index in [1.54, 1.807) is 0 Å². The molecule has 1 aromatic rings. The van der Waals surface area contributed by atoms with E-state index in [4.69, 9.17) is 23.2 Å². The molecule has 2 nitrogen and oxygen atoms in total. The molecular formula is C8H5Cl2F2NO. The topological polar surface area (TPSA) is 30.0 Å². The lowest BCUT2D eigenvalue weighted by Gasteiger charge is -2.07. The quantitative estimate of drug-likeness (QED) is 0.742. The van der Waals surface area contributed by atoms with Gasteiger partial charge in [-0.2, -0.15) is 0 Å². The molecule has 0 aromatic carbocycles. The van der Waals surface area contributed by atoms with Crippen LogP contribution in [0.5, 0.6) is 0 Å². The number of nitrogens with zero attached hydrogens (tertiary/aromatic N) is 1. The Bertz CT molecular complexity index is 382. The van der Waals surface area contributed by atoms with Gasteiger partial charge in [0.1, 0.15) is 5.69 Å². The van der Waals surface area contributed by atoms with E-state index >= 15 is 0 Å². The third-order valence-corrected chi connectivity index (χ3v) is 2.37. The highest BCUT2D eigenvalue weighted by molar-refractivity contribution is 6.67. The van der Waals surface area contributed by atoms with Crippen LogP contribution in [-0.4, -0.2) is 10.2 Å². The van der Waals surface area contributed by atoms with E-state index in [2.05, 4.69) is 4.98 Å². The van der Waals surface area contributed by atoms with Crippen molar-refractivity contribution in [2.45, 2.75) is 13.3 Å². The van der Waals surface area contributed by atoms with Gasteiger partial charge in [-0.1, -0.05) is 11.6 Å². The maximum absolute atomic E-state index is 12.3. The lowest BCUT2D eigenvalue weighted by molar-refractivity contribution is 0.107. The highest BCUT2D eigenvalue weighted by Crippen LogP contribution is 2.30. The number of carbonyl (C=O) groups excluding carboxylic acids is 1. The molecule has 1 aromatic heterocycles. The first-order chi connectivity index (χ1) is 6.45. The zero-order chi connectivity index (χ0) is 10.9. The van der Waals surface area contributed by atoms with Crippen LogP contribution in [0, 0.1) is 6.92 Å². The van der Waals surface area contributed by atoms with Crippen molar-refractivity contribution in [1.29, 1.82) is 0 Å². The summed E-state index contributed by atoms with van der Waals surface area (Å²) in [4.78, 5) is 14.3. The molecule has 0 aliphatic rings. The maximum Gasteiger partial charge on any atom is 0.271 e. The number of carbonyl (C=O) groups is 1. The van der Waals surface area contributed by atoms with Crippen LogP contribution in [0.3, 0.4) is 0 Å². The van der Waals surface area contributed by atoms with E-state index in [9.17, 15) is 13.6 Å². The summed E-state index contributed by atoms with van der Waals surface area (Å²) in [7, 11) is 0. The van der Waals surface area contributed by atoms with E-state index in [-0.39, 0.29) is 16.3 Å². The average molecular weight is 240 g/mol. The van der Waals surface area contributed by atoms with E-state index in [1.165, 1.54) is 6.92 Å². The standard InChI is InChI=1S/C8H5Cl2F2NO/c1-3-5(9)4(8(11)12)2-13-6(3)7(10)14/h2,8H,1H3. The van der Waals surface area contributed by atoms with Crippen LogP contribution in [-0.2, 0) is 0 Å². The van der Waals surface area contributed by atoms with Gasteiger partial charge in [0.25, 0.3) is 11.7 Å². The van der Waals surface area contributed by atoms with Gasteiger partial charge >= 0.3 is 0 Å². The molecule has 0 saturated carbocycles. The molecule has 1 rings (SSSR count). The summed E-state index contributed by atoms with van der Waals surface area (Å²) in [6.07, 6.45) is -1.86. The second-order valence-corrected chi connectivity index (χ2v) is 3.30. The van der Waals surface area contributed by atoms with Crippen molar-refractivity contribution in [3.05, 3.63) is 28.0 Å². The Balaban J connectivity index is 3.33. The van der Waals surface area contributed by atoms with E-state index in [0.717, 1.165) is 6.20 Å². The van der Waals surface area contributed by atoms with Crippen molar-refractivity contribution in [2.24, 2.45) is 0 Å². The van der Waals surface area contributed by atoms with E-state index in [1.807, 2.05) is 0 Å². The second-order valence-electron chi connectivity index (χ2n) is 2.58. The molecule has 0 aliphatic carbocycles. The third-order valence-electron chi connectivity index (χ3n) is 1.69. The van der Waals surface area contributed by atoms with Crippen molar-refractivity contribution < 1.29 is 13.6 Å². The first-order valence-electron chi connectivity index (χ1n) is 3.58. The van der Waals surface area contributed by atoms with Crippen molar-refractivity contribution in [3.63, 3.8) is 0 Å². The van der Waals surface area contributed by atoms with Gasteiger partial charge in [-0.3, -0.25) is 9.78 Å². The minimum atomic E-state index is -2.71. The molecule has 0 amide bonds. The van der Waals surface area contributed by atoms with Crippen LogP contribution >= 0.6 is 23.2 Å². The fourth-order valence-corrected chi connectivity index (χ4v) is 1.37. The zero-order valence-electron chi connectivity index (χ0n) is 7.02. The van der Waals surface area contributed by atoms with Gasteiger partial charge in [-0.05, 0) is 24.1 Å². The van der Waals surface area contributed by atoms with Gasteiger partial charge in [-0.25, -0.2) is 8.78 Å². The molecule has 0 fully saturated rings. The molecule has 0 N–H and O–H groups in total. The Hall–Kier alpha value is -0.740. The van der Waals surface area contributed by atoms with Gasteiger partial charge in [0.05, 0.1) is 10.6 Å². The van der Waals surface area contributed by atoms with Crippen LogP contribution in [0.25, 0.3) is 0 Å². The molecule has 76 valence electrons. The Morgan fingerprint density at radius 2 is 2.14 bits per heavy atom. The van der Waals surface area contributed by atoms with E-state index < -0.39 is 17.2 Å². The molecule has 0 bridgehead atoms.